The van der Waals surface area contributed by atoms with Gasteiger partial charge in [0.05, 0.1) is 0 Å². The molecule has 2 rings (SSSR count). The SMILES string of the molecule is CCCC1=C(C)Cc2cc(C)ccc21.I. The van der Waals surface area contributed by atoms with Gasteiger partial charge in [0.25, 0.3) is 0 Å². The van der Waals surface area contributed by atoms with Crippen molar-refractivity contribution in [1.29, 1.82) is 0 Å². The van der Waals surface area contributed by atoms with Crippen LogP contribution < -0.4 is 0 Å². The zero-order valence-corrected chi connectivity index (χ0v) is 12.1. The summed E-state index contributed by atoms with van der Waals surface area (Å²) in [5.74, 6) is 0. The van der Waals surface area contributed by atoms with E-state index in [1.54, 1.807) is 11.1 Å². The second kappa shape index (κ2) is 5.15. The molecule has 1 aromatic carbocycles. The first-order valence-electron chi connectivity index (χ1n) is 5.51. The first kappa shape index (κ1) is 12.8. The maximum Gasteiger partial charge on any atom is -0.00577 e. The van der Waals surface area contributed by atoms with Crippen molar-refractivity contribution in [3.8, 4) is 0 Å². The molecule has 0 unspecified atom stereocenters. The van der Waals surface area contributed by atoms with Gasteiger partial charge in [-0.25, -0.2) is 0 Å². The Kier molecular flexibility index (Phi) is 4.38. The fourth-order valence-electron chi connectivity index (χ4n) is 2.38. The lowest BCUT2D eigenvalue weighted by molar-refractivity contribution is 0.969. The highest BCUT2D eigenvalue weighted by Crippen LogP contribution is 2.35. The monoisotopic (exact) mass is 314 g/mol. The smallest absolute Gasteiger partial charge is 0.00577 e. The molecule has 0 heterocycles. The topological polar surface area (TPSA) is 0 Å². The predicted molar refractivity (Wildman–Crippen MR) is 77.8 cm³/mol. The van der Waals surface area contributed by atoms with Crippen LogP contribution in [0.4, 0.5) is 0 Å². The molecule has 1 aromatic rings. The third-order valence-corrected chi connectivity index (χ3v) is 3.06. The predicted octanol–water partition coefficient (Wildman–Crippen LogP) is 4.74. The molecular formula is C14H19I. The summed E-state index contributed by atoms with van der Waals surface area (Å²) in [5.41, 5.74) is 7.60. The molecule has 0 spiro atoms. The number of hydrogen-bond donors (Lipinski definition) is 0. The normalized spacial score (nSPS) is 13.8. The van der Waals surface area contributed by atoms with Crippen LogP contribution in [0.2, 0.25) is 0 Å². The van der Waals surface area contributed by atoms with Crippen molar-refractivity contribution in [1.82, 2.24) is 0 Å². The molecule has 0 nitrogen and oxygen atoms in total. The van der Waals surface area contributed by atoms with E-state index in [2.05, 4.69) is 39.0 Å². The summed E-state index contributed by atoms with van der Waals surface area (Å²) in [6.45, 7) is 6.71. The third-order valence-electron chi connectivity index (χ3n) is 3.06. The van der Waals surface area contributed by atoms with Gasteiger partial charge < -0.3 is 0 Å². The fourth-order valence-corrected chi connectivity index (χ4v) is 2.38. The van der Waals surface area contributed by atoms with Crippen molar-refractivity contribution < 1.29 is 0 Å². The molecule has 0 bridgehead atoms. The number of hydrogen-bond acceptors (Lipinski definition) is 0. The van der Waals surface area contributed by atoms with Crippen LogP contribution in [0.5, 0.6) is 0 Å². The standard InChI is InChI=1S/C14H18.HI/c1-4-5-13-11(3)9-12-8-10(2)6-7-14(12)13;/h6-8H,4-5,9H2,1-3H3;1H. The van der Waals surface area contributed by atoms with Crippen molar-refractivity contribution in [2.24, 2.45) is 0 Å². The molecule has 1 aliphatic rings. The van der Waals surface area contributed by atoms with E-state index in [-0.39, 0.29) is 24.0 Å². The van der Waals surface area contributed by atoms with Crippen LogP contribution in [0, 0.1) is 6.92 Å². The number of allylic oxidation sites excluding steroid dienone is 2. The highest BCUT2D eigenvalue weighted by Gasteiger charge is 2.17. The molecule has 0 saturated carbocycles. The summed E-state index contributed by atoms with van der Waals surface area (Å²) in [4.78, 5) is 0. The van der Waals surface area contributed by atoms with E-state index in [1.165, 1.54) is 36.0 Å². The zero-order chi connectivity index (χ0) is 10.1. The Morgan fingerprint density at radius 2 is 1.93 bits per heavy atom. The first-order chi connectivity index (χ1) is 6.72. The summed E-state index contributed by atoms with van der Waals surface area (Å²) in [6, 6.07) is 6.86. The molecule has 1 heteroatoms. The van der Waals surface area contributed by atoms with Crippen LogP contribution in [0.25, 0.3) is 5.57 Å². The van der Waals surface area contributed by atoms with Crippen LogP contribution in [0.15, 0.2) is 23.8 Å². The second-order valence-corrected chi connectivity index (χ2v) is 4.35. The molecule has 0 aromatic heterocycles. The lowest BCUT2D eigenvalue weighted by atomic mass is 10.0. The number of benzene rings is 1. The maximum atomic E-state index is 2.33. The average Bonchev–Trinajstić information content (AvgIpc) is 2.43. The molecule has 0 atom stereocenters. The van der Waals surface area contributed by atoms with Crippen LogP contribution >= 0.6 is 24.0 Å². The van der Waals surface area contributed by atoms with Crippen LogP contribution in [0.3, 0.4) is 0 Å². The Balaban J connectivity index is 0.00000112. The summed E-state index contributed by atoms with van der Waals surface area (Å²) in [7, 11) is 0. The number of fused-ring (bicyclic) bond motifs is 1. The van der Waals surface area contributed by atoms with Crippen molar-refractivity contribution in [3.05, 3.63) is 40.5 Å². The van der Waals surface area contributed by atoms with Gasteiger partial charge in [-0.2, -0.15) is 0 Å². The van der Waals surface area contributed by atoms with E-state index in [9.17, 15) is 0 Å². The van der Waals surface area contributed by atoms with Gasteiger partial charge in [-0.1, -0.05) is 42.7 Å². The van der Waals surface area contributed by atoms with Crippen LogP contribution in [-0.2, 0) is 6.42 Å². The molecule has 82 valence electrons. The van der Waals surface area contributed by atoms with Gasteiger partial charge in [0.15, 0.2) is 0 Å². The molecule has 0 radical (unpaired) electrons. The van der Waals surface area contributed by atoms with Crippen molar-refractivity contribution in [3.63, 3.8) is 0 Å². The lowest BCUT2D eigenvalue weighted by Gasteiger charge is -2.05. The van der Waals surface area contributed by atoms with Gasteiger partial charge in [0.2, 0.25) is 0 Å². The summed E-state index contributed by atoms with van der Waals surface area (Å²) < 4.78 is 0. The molecule has 0 saturated heterocycles. The second-order valence-electron chi connectivity index (χ2n) is 4.35. The maximum absolute atomic E-state index is 2.33. The van der Waals surface area contributed by atoms with Crippen molar-refractivity contribution in [2.45, 2.75) is 40.0 Å². The quantitative estimate of drug-likeness (QED) is 0.692. The minimum absolute atomic E-state index is 0. The molecule has 15 heavy (non-hydrogen) atoms. The average molecular weight is 314 g/mol. The molecule has 0 fully saturated rings. The number of aryl methyl sites for hydroxylation is 1. The number of rotatable bonds is 2. The van der Waals surface area contributed by atoms with Crippen LogP contribution in [-0.4, -0.2) is 0 Å². The summed E-state index contributed by atoms with van der Waals surface area (Å²) >= 11 is 0. The van der Waals surface area contributed by atoms with E-state index in [0.717, 1.165) is 0 Å². The van der Waals surface area contributed by atoms with Gasteiger partial charge in [0.1, 0.15) is 0 Å². The molecule has 0 amide bonds. The Morgan fingerprint density at radius 1 is 1.20 bits per heavy atom. The van der Waals surface area contributed by atoms with E-state index in [1.807, 2.05) is 0 Å². The Hall–Kier alpha value is -0.310. The first-order valence-corrected chi connectivity index (χ1v) is 5.51. The Labute approximate surface area is 110 Å². The van der Waals surface area contributed by atoms with E-state index in [4.69, 9.17) is 0 Å². The minimum atomic E-state index is 0. The Morgan fingerprint density at radius 3 is 2.60 bits per heavy atom. The largest absolute Gasteiger partial charge is 0.107 e. The highest BCUT2D eigenvalue weighted by atomic mass is 127. The lowest BCUT2D eigenvalue weighted by Crippen LogP contribution is -1.85. The number of halogens is 1. The van der Waals surface area contributed by atoms with E-state index < -0.39 is 0 Å². The summed E-state index contributed by atoms with van der Waals surface area (Å²) in [5, 5.41) is 0. The molecular weight excluding hydrogens is 295 g/mol. The zero-order valence-electron chi connectivity index (χ0n) is 9.76. The minimum Gasteiger partial charge on any atom is -0.107 e. The van der Waals surface area contributed by atoms with Crippen molar-refractivity contribution in [2.75, 3.05) is 0 Å². The van der Waals surface area contributed by atoms with Gasteiger partial charge in [-0.05, 0) is 43.4 Å². The van der Waals surface area contributed by atoms with Gasteiger partial charge >= 0.3 is 0 Å². The van der Waals surface area contributed by atoms with Gasteiger partial charge in [-0.3, -0.25) is 0 Å². The summed E-state index contributed by atoms with van der Waals surface area (Å²) in [6.07, 6.45) is 3.66. The van der Waals surface area contributed by atoms with Gasteiger partial charge in [0, 0.05) is 0 Å². The van der Waals surface area contributed by atoms with E-state index in [0.29, 0.717) is 0 Å². The van der Waals surface area contributed by atoms with Gasteiger partial charge in [-0.15, -0.1) is 24.0 Å². The van der Waals surface area contributed by atoms with Crippen LogP contribution in [0.1, 0.15) is 43.4 Å². The molecule has 1 aliphatic carbocycles. The Bertz CT molecular complexity index is 388. The fraction of sp³-hybridized carbons (Fsp3) is 0.429. The molecule has 0 N–H and O–H groups in total. The molecule has 0 aliphatic heterocycles. The van der Waals surface area contributed by atoms with Crippen molar-refractivity contribution >= 4 is 29.5 Å². The highest BCUT2D eigenvalue weighted by molar-refractivity contribution is 14.0. The van der Waals surface area contributed by atoms with E-state index >= 15 is 0 Å². The third kappa shape index (κ3) is 2.44.